The Bertz CT molecular complexity index is 1280. The lowest BCUT2D eigenvalue weighted by atomic mass is 9.83. The van der Waals surface area contributed by atoms with E-state index < -0.39 is 36.5 Å². The number of fused-ring (bicyclic) bond motifs is 2. The molecule has 0 radical (unpaired) electrons. The van der Waals surface area contributed by atoms with Gasteiger partial charge in [-0.25, -0.2) is 9.59 Å². The van der Waals surface area contributed by atoms with E-state index in [0.717, 1.165) is 0 Å². The summed E-state index contributed by atoms with van der Waals surface area (Å²) in [7, 11) is 0. The highest BCUT2D eigenvalue weighted by Gasteiger charge is 2.36. The minimum absolute atomic E-state index is 0.0492. The number of carboxylic acid groups (broad SMARTS) is 1. The Morgan fingerprint density at radius 2 is 1.89 bits per heavy atom. The monoisotopic (exact) mass is 522 g/mol. The fourth-order valence-electron chi connectivity index (χ4n) is 4.82. The molecule has 2 aliphatic rings. The van der Waals surface area contributed by atoms with Crippen LogP contribution in [0.1, 0.15) is 84.8 Å². The van der Waals surface area contributed by atoms with E-state index in [2.05, 4.69) is 0 Å². The van der Waals surface area contributed by atoms with Gasteiger partial charge in [-0.1, -0.05) is 30.4 Å². The van der Waals surface area contributed by atoms with Crippen LogP contribution >= 0.6 is 0 Å². The zero-order valence-electron chi connectivity index (χ0n) is 21.1. The maximum atomic E-state index is 13.3. The van der Waals surface area contributed by atoms with E-state index in [4.69, 9.17) is 19.3 Å². The average Bonchev–Trinajstić information content (AvgIpc) is 2.86. The van der Waals surface area contributed by atoms with Gasteiger partial charge in [0.2, 0.25) is 0 Å². The topological polar surface area (TPSA) is 136 Å². The number of Topliss-reactive ketones (excluding diaryl/α,β-unsaturated/α-hetero) is 1. The maximum Gasteiger partial charge on any atom is 0.342 e. The molecule has 0 saturated carbocycles. The van der Waals surface area contributed by atoms with E-state index in [9.17, 15) is 24.3 Å². The fourth-order valence-corrected chi connectivity index (χ4v) is 4.82. The molecule has 200 valence electrons. The molecule has 38 heavy (non-hydrogen) atoms. The number of ketones is 1. The van der Waals surface area contributed by atoms with Crippen LogP contribution in [0.2, 0.25) is 0 Å². The SMILES string of the molecule is C[C@H]1CCCC(=O)CCCC=Cc2cc3c(c(O)c2C(=O)O1)[C@H](c1ccccc1OCC(=O)O)CC(=O)O3. The lowest BCUT2D eigenvalue weighted by Crippen LogP contribution is -2.24. The third-order valence-electron chi connectivity index (χ3n) is 6.62. The number of phenolic OH excluding ortho intramolecular Hbond substituents is 1. The Hall–Kier alpha value is -4.14. The number of allylic oxidation sites excluding steroid dienone is 1. The zero-order chi connectivity index (χ0) is 27.2. The first kappa shape index (κ1) is 26.9. The molecular weight excluding hydrogens is 492 g/mol. The highest BCUT2D eigenvalue weighted by atomic mass is 16.5. The predicted molar refractivity (Wildman–Crippen MR) is 136 cm³/mol. The van der Waals surface area contributed by atoms with Crippen molar-refractivity contribution in [1.82, 2.24) is 0 Å². The van der Waals surface area contributed by atoms with Crippen LogP contribution in [0.3, 0.4) is 0 Å². The number of benzene rings is 2. The molecule has 9 heteroatoms. The van der Waals surface area contributed by atoms with Crippen molar-refractivity contribution in [3.05, 3.63) is 58.7 Å². The molecule has 0 unspecified atom stereocenters. The standard InChI is InChI=1S/C29H30O9/c1-17-8-7-11-19(30)10-4-2-3-9-18-14-23-27(28(34)26(18)29(35)37-17)21(15-25(33)38-23)20-12-5-6-13-22(20)36-16-24(31)32/h3,5-6,9,12-14,17,21,34H,2,4,7-8,10-11,15-16H2,1H3,(H,31,32)/t17-,21-/m0/s1. The lowest BCUT2D eigenvalue weighted by molar-refractivity contribution is -0.139. The molecule has 2 atom stereocenters. The van der Waals surface area contributed by atoms with Gasteiger partial charge < -0.3 is 24.4 Å². The number of carbonyl (C=O) groups is 4. The number of para-hydroxylation sites is 1. The molecule has 0 aromatic heterocycles. The van der Waals surface area contributed by atoms with Gasteiger partial charge in [-0.3, -0.25) is 9.59 Å². The summed E-state index contributed by atoms with van der Waals surface area (Å²) in [6.07, 6.45) is 6.06. The van der Waals surface area contributed by atoms with Crippen molar-refractivity contribution in [2.24, 2.45) is 0 Å². The Kier molecular flexibility index (Phi) is 8.45. The zero-order valence-corrected chi connectivity index (χ0v) is 21.1. The summed E-state index contributed by atoms with van der Waals surface area (Å²) in [5, 5.41) is 20.6. The van der Waals surface area contributed by atoms with Crippen LogP contribution in [0, 0.1) is 0 Å². The fraction of sp³-hybridized carbons (Fsp3) is 0.379. The van der Waals surface area contributed by atoms with Crippen LogP contribution < -0.4 is 9.47 Å². The van der Waals surface area contributed by atoms with E-state index >= 15 is 0 Å². The van der Waals surface area contributed by atoms with E-state index in [0.29, 0.717) is 49.7 Å². The number of rotatable bonds is 4. The van der Waals surface area contributed by atoms with Crippen LogP contribution in [0.5, 0.6) is 17.2 Å². The molecule has 2 aromatic carbocycles. The summed E-state index contributed by atoms with van der Waals surface area (Å²) in [6, 6.07) is 8.16. The van der Waals surface area contributed by atoms with Gasteiger partial charge in [0.15, 0.2) is 6.61 Å². The van der Waals surface area contributed by atoms with Gasteiger partial charge in [-0.2, -0.15) is 0 Å². The minimum Gasteiger partial charge on any atom is -0.507 e. The molecule has 0 amide bonds. The van der Waals surface area contributed by atoms with E-state index in [-0.39, 0.29) is 40.6 Å². The molecule has 2 aliphatic heterocycles. The minimum atomic E-state index is -1.16. The molecule has 0 aliphatic carbocycles. The number of phenols is 1. The summed E-state index contributed by atoms with van der Waals surface area (Å²) in [5.41, 5.74) is 0.974. The molecule has 4 rings (SSSR count). The summed E-state index contributed by atoms with van der Waals surface area (Å²) < 4.78 is 16.6. The Balaban J connectivity index is 1.81. The number of hydrogen-bond acceptors (Lipinski definition) is 8. The van der Waals surface area contributed by atoms with E-state index in [1.807, 2.05) is 0 Å². The van der Waals surface area contributed by atoms with Crippen LogP contribution in [-0.4, -0.2) is 46.6 Å². The first-order valence-electron chi connectivity index (χ1n) is 12.7. The number of aliphatic carboxylic acids is 1. The Morgan fingerprint density at radius 1 is 1.13 bits per heavy atom. The van der Waals surface area contributed by atoms with Crippen molar-refractivity contribution >= 4 is 29.8 Å². The number of carbonyl (C=O) groups excluding carboxylic acids is 3. The highest BCUT2D eigenvalue weighted by Crippen LogP contribution is 2.48. The van der Waals surface area contributed by atoms with Crippen molar-refractivity contribution in [3.8, 4) is 17.2 Å². The second-order valence-electron chi connectivity index (χ2n) is 9.49. The number of carboxylic acids is 1. The van der Waals surface area contributed by atoms with Crippen molar-refractivity contribution in [1.29, 1.82) is 0 Å². The van der Waals surface area contributed by atoms with E-state index in [1.165, 1.54) is 6.07 Å². The van der Waals surface area contributed by atoms with Gasteiger partial charge in [-0.15, -0.1) is 0 Å². The number of hydrogen-bond donors (Lipinski definition) is 2. The summed E-state index contributed by atoms with van der Waals surface area (Å²) in [6.45, 7) is 1.15. The summed E-state index contributed by atoms with van der Waals surface area (Å²) in [5.74, 6) is -3.05. The number of esters is 2. The molecule has 9 nitrogen and oxygen atoms in total. The quantitative estimate of drug-likeness (QED) is 0.429. The molecule has 2 N–H and O–H groups in total. The normalized spacial score (nSPS) is 20.4. The number of cyclic esters (lactones) is 1. The molecule has 0 bridgehead atoms. The van der Waals surface area contributed by atoms with E-state index in [1.54, 1.807) is 43.3 Å². The second kappa shape index (κ2) is 11.9. The molecule has 0 saturated heterocycles. The Labute approximate surface area is 220 Å². The summed E-state index contributed by atoms with van der Waals surface area (Å²) >= 11 is 0. The van der Waals surface area contributed by atoms with Crippen LogP contribution in [0.4, 0.5) is 0 Å². The molecule has 2 aromatic rings. The van der Waals surface area contributed by atoms with Crippen molar-refractivity contribution in [2.75, 3.05) is 6.61 Å². The van der Waals surface area contributed by atoms with Crippen molar-refractivity contribution in [2.45, 2.75) is 63.9 Å². The lowest BCUT2D eigenvalue weighted by Gasteiger charge is -2.28. The van der Waals surface area contributed by atoms with Crippen LogP contribution in [-0.2, 0) is 19.1 Å². The van der Waals surface area contributed by atoms with Gasteiger partial charge in [0.25, 0.3) is 0 Å². The van der Waals surface area contributed by atoms with Crippen molar-refractivity contribution < 1.29 is 43.6 Å². The molecule has 0 spiro atoms. The average molecular weight is 523 g/mol. The van der Waals surface area contributed by atoms with Crippen molar-refractivity contribution in [3.63, 3.8) is 0 Å². The largest absolute Gasteiger partial charge is 0.507 e. The van der Waals surface area contributed by atoms with Gasteiger partial charge in [-0.05, 0) is 50.3 Å². The third-order valence-corrected chi connectivity index (χ3v) is 6.62. The first-order valence-corrected chi connectivity index (χ1v) is 12.7. The van der Waals surface area contributed by atoms with Gasteiger partial charge in [0.05, 0.1) is 12.5 Å². The Morgan fingerprint density at radius 3 is 2.68 bits per heavy atom. The second-order valence-corrected chi connectivity index (χ2v) is 9.49. The number of aromatic hydroxyl groups is 1. The predicted octanol–water partition coefficient (Wildman–Crippen LogP) is 4.78. The number of ether oxygens (including phenoxy) is 3. The highest BCUT2D eigenvalue weighted by molar-refractivity contribution is 5.98. The maximum absolute atomic E-state index is 13.3. The van der Waals surface area contributed by atoms with Gasteiger partial charge in [0.1, 0.15) is 28.6 Å². The third kappa shape index (κ3) is 6.22. The van der Waals surface area contributed by atoms with Gasteiger partial charge in [0, 0.05) is 29.9 Å². The molecular formula is C29H30O9. The smallest absolute Gasteiger partial charge is 0.342 e. The molecule has 0 fully saturated rings. The van der Waals surface area contributed by atoms with Crippen LogP contribution in [0.25, 0.3) is 6.08 Å². The first-order chi connectivity index (χ1) is 18.2. The van der Waals surface area contributed by atoms with Gasteiger partial charge >= 0.3 is 17.9 Å². The van der Waals surface area contributed by atoms with Crippen LogP contribution in [0.15, 0.2) is 36.4 Å². The molecule has 2 heterocycles. The summed E-state index contributed by atoms with van der Waals surface area (Å²) in [4.78, 5) is 49.1.